The molecule has 0 spiro atoms. The van der Waals surface area contributed by atoms with Gasteiger partial charge in [0.05, 0.1) is 37.2 Å². The number of likely N-dealkylation sites (N-methyl/N-ethyl adjacent to an activating group) is 1. The van der Waals surface area contributed by atoms with Crippen molar-refractivity contribution >= 4 is 17.5 Å². The van der Waals surface area contributed by atoms with Gasteiger partial charge in [0.2, 0.25) is 11.8 Å². The third-order valence-corrected chi connectivity index (χ3v) is 9.80. The standard InChI is InChI=1S/C41H47F2N3O8/c1-45(23-35(49)39(52)40(53)36(50)24-47)22-27-4-2-25(3-5-27)20-37(51)44-21-26-6-8-29(9-7-26)38-33(18-19-34(48)28-10-12-30(42)13-11-28)41(54)46(38)32-16-14-31(43)15-17-32/h2-17,33-36,38-40,47-50,52-53H,18-24H2,1H3,(H,44,51). The van der Waals surface area contributed by atoms with Crippen molar-refractivity contribution in [2.75, 3.05) is 25.1 Å². The highest BCUT2D eigenvalue weighted by atomic mass is 19.1. The molecule has 13 heteroatoms. The number of hydrogen-bond acceptors (Lipinski definition) is 9. The van der Waals surface area contributed by atoms with Gasteiger partial charge in [0.25, 0.3) is 0 Å². The molecular formula is C41H47F2N3O8. The summed E-state index contributed by atoms with van der Waals surface area (Å²) in [5, 5.41) is 62.2. The molecule has 0 bridgehead atoms. The molecule has 288 valence electrons. The molecule has 0 saturated carbocycles. The van der Waals surface area contributed by atoms with E-state index in [4.69, 9.17) is 5.11 Å². The van der Waals surface area contributed by atoms with Gasteiger partial charge in [-0.15, -0.1) is 0 Å². The second-order valence-electron chi connectivity index (χ2n) is 13.9. The number of nitrogens with one attached hydrogen (secondary N) is 1. The predicted molar refractivity (Wildman–Crippen MR) is 197 cm³/mol. The van der Waals surface area contributed by atoms with Crippen LogP contribution in [0.2, 0.25) is 0 Å². The summed E-state index contributed by atoms with van der Waals surface area (Å²) in [5.74, 6) is -1.58. The van der Waals surface area contributed by atoms with E-state index in [0.717, 1.165) is 22.3 Å². The Hall–Kier alpha value is -4.60. The van der Waals surface area contributed by atoms with Crippen molar-refractivity contribution in [3.63, 3.8) is 0 Å². The summed E-state index contributed by atoms with van der Waals surface area (Å²) < 4.78 is 27.1. The van der Waals surface area contributed by atoms with E-state index in [0.29, 0.717) is 30.6 Å². The molecule has 1 aliphatic rings. The summed E-state index contributed by atoms with van der Waals surface area (Å²) in [6.07, 6.45) is -6.31. The zero-order valence-electron chi connectivity index (χ0n) is 29.9. The summed E-state index contributed by atoms with van der Waals surface area (Å²) in [6.45, 7) is -0.0738. The molecule has 7 N–H and O–H groups in total. The van der Waals surface area contributed by atoms with E-state index < -0.39 is 54.7 Å². The van der Waals surface area contributed by atoms with Gasteiger partial charge in [0, 0.05) is 25.3 Å². The minimum Gasteiger partial charge on any atom is -0.394 e. The fourth-order valence-electron chi connectivity index (χ4n) is 6.70. The number of hydrogen-bond donors (Lipinski definition) is 7. The van der Waals surface area contributed by atoms with Crippen LogP contribution in [0, 0.1) is 17.6 Å². The second-order valence-corrected chi connectivity index (χ2v) is 13.9. The molecule has 2 amide bonds. The number of halogens is 2. The van der Waals surface area contributed by atoms with E-state index in [1.165, 1.54) is 36.4 Å². The zero-order chi connectivity index (χ0) is 38.9. The first-order valence-corrected chi connectivity index (χ1v) is 17.8. The molecule has 1 fully saturated rings. The van der Waals surface area contributed by atoms with Gasteiger partial charge in [-0.2, -0.15) is 0 Å². The number of aliphatic hydroxyl groups is 6. The summed E-state index contributed by atoms with van der Waals surface area (Å²) >= 11 is 0. The first-order valence-electron chi connectivity index (χ1n) is 17.8. The van der Waals surface area contributed by atoms with Gasteiger partial charge in [-0.1, -0.05) is 60.7 Å². The highest BCUT2D eigenvalue weighted by molar-refractivity contribution is 6.03. The molecule has 4 aromatic rings. The van der Waals surface area contributed by atoms with Crippen molar-refractivity contribution < 1.29 is 49.0 Å². The van der Waals surface area contributed by atoms with Crippen molar-refractivity contribution in [2.24, 2.45) is 5.92 Å². The third kappa shape index (κ3) is 10.3. The van der Waals surface area contributed by atoms with Crippen LogP contribution in [0.3, 0.4) is 0 Å². The Morgan fingerprint density at radius 3 is 1.94 bits per heavy atom. The van der Waals surface area contributed by atoms with Crippen molar-refractivity contribution in [3.05, 3.63) is 137 Å². The maximum atomic E-state index is 13.7. The molecule has 1 saturated heterocycles. The topological polar surface area (TPSA) is 174 Å². The number of β-lactam (4-membered cyclic amide) rings is 1. The minimum atomic E-state index is -1.69. The van der Waals surface area contributed by atoms with Crippen molar-refractivity contribution in [2.45, 2.75) is 68.9 Å². The van der Waals surface area contributed by atoms with E-state index in [-0.39, 0.29) is 37.4 Å². The van der Waals surface area contributed by atoms with Gasteiger partial charge in [-0.05, 0) is 84.1 Å². The Balaban J connectivity index is 1.14. The zero-order valence-corrected chi connectivity index (χ0v) is 29.9. The van der Waals surface area contributed by atoms with Crippen LogP contribution >= 0.6 is 0 Å². The van der Waals surface area contributed by atoms with Gasteiger partial charge < -0.3 is 40.9 Å². The molecule has 7 unspecified atom stereocenters. The lowest BCUT2D eigenvalue weighted by Crippen LogP contribution is -2.55. The van der Waals surface area contributed by atoms with Crippen molar-refractivity contribution in [1.29, 1.82) is 0 Å². The molecule has 11 nitrogen and oxygen atoms in total. The minimum absolute atomic E-state index is 0.00360. The van der Waals surface area contributed by atoms with Crippen LogP contribution < -0.4 is 10.2 Å². The van der Waals surface area contributed by atoms with Gasteiger partial charge >= 0.3 is 0 Å². The van der Waals surface area contributed by atoms with Crippen LogP contribution in [0.15, 0.2) is 97.1 Å². The Morgan fingerprint density at radius 2 is 1.33 bits per heavy atom. The summed E-state index contributed by atoms with van der Waals surface area (Å²) in [5.41, 5.74) is 4.50. The number of nitrogens with zero attached hydrogens (tertiary/aromatic N) is 2. The van der Waals surface area contributed by atoms with Gasteiger partial charge in [0.15, 0.2) is 0 Å². The summed E-state index contributed by atoms with van der Waals surface area (Å²) in [4.78, 5) is 29.6. The normalized spacial score (nSPS) is 18.5. The number of aliphatic hydroxyl groups excluding tert-OH is 6. The molecule has 0 radical (unpaired) electrons. The quantitative estimate of drug-likeness (QED) is 0.0756. The molecular weight excluding hydrogens is 700 g/mol. The smallest absolute Gasteiger partial charge is 0.233 e. The van der Waals surface area contributed by atoms with Crippen LogP contribution in [0.1, 0.15) is 52.8 Å². The molecule has 1 heterocycles. The molecule has 54 heavy (non-hydrogen) atoms. The van der Waals surface area contributed by atoms with E-state index >= 15 is 0 Å². The van der Waals surface area contributed by atoms with Gasteiger partial charge in [-0.25, -0.2) is 8.78 Å². The third-order valence-electron chi connectivity index (χ3n) is 9.80. The van der Waals surface area contributed by atoms with E-state index in [9.17, 15) is 43.9 Å². The lowest BCUT2D eigenvalue weighted by Gasteiger charge is -2.48. The van der Waals surface area contributed by atoms with E-state index in [2.05, 4.69) is 5.32 Å². The number of carbonyl (C=O) groups excluding carboxylic acids is 2. The van der Waals surface area contributed by atoms with Gasteiger partial charge in [-0.3, -0.25) is 14.5 Å². The first-order chi connectivity index (χ1) is 25.8. The molecule has 1 aliphatic heterocycles. The van der Waals surface area contributed by atoms with Gasteiger partial charge in [0.1, 0.15) is 29.9 Å². The highest BCUT2D eigenvalue weighted by Crippen LogP contribution is 2.46. The van der Waals surface area contributed by atoms with Crippen LogP contribution in [0.25, 0.3) is 0 Å². The van der Waals surface area contributed by atoms with Crippen molar-refractivity contribution in [3.8, 4) is 0 Å². The average molecular weight is 748 g/mol. The largest absolute Gasteiger partial charge is 0.394 e. The van der Waals surface area contributed by atoms with Crippen LogP contribution in [0.4, 0.5) is 14.5 Å². The SMILES string of the molecule is CN(Cc1ccc(CC(=O)NCc2ccc(C3C(CCC(O)c4ccc(F)cc4)C(=O)N3c3ccc(F)cc3)cc2)cc1)CC(O)C(O)C(O)C(O)CO. The molecule has 7 atom stereocenters. The number of carbonyl (C=O) groups is 2. The molecule has 5 rings (SSSR count). The fraction of sp³-hybridized carbons (Fsp3) is 0.366. The Bertz CT molecular complexity index is 1810. The van der Waals surface area contributed by atoms with Crippen LogP contribution in [-0.2, 0) is 29.1 Å². The van der Waals surface area contributed by atoms with E-state index in [1.807, 2.05) is 48.5 Å². The van der Waals surface area contributed by atoms with Crippen LogP contribution in [-0.4, -0.2) is 92.0 Å². The number of benzene rings is 4. The maximum absolute atomic E-state index is 13.7. The van der Waals surface area contributed by atoms with E-state index in [1.54, 1.807) is 29.0 Å². The lowest BCUT2D eigenvalue weighted by molar-refractivity contribution is -0.131. The Labute approximate surface area is 312 Å². The molecule has 0 aromatic heterocycles. The van der Waals surface area contributed by atoms with Crippen molar-refractivity contribution in [1.82, 2.24) is 10.2 Å². The Kier molecular flexibility index (Phi) is 14.0. The lowest BCUT2D eigenvalue weighted by atomic mass is 9.78. The Morgan fingerprint density at radius 1 is 0.778 bits per heavy atom. The highest BCUT2D eigenvalue weighted by Gasteiger charge is 2.48. The monoisotopic (exact) mass is 747 g/mol. The van der Waals surface area contributed by atoms with Crippen LogP contribution in [0.5, 0.6) is 0 Å². The first kappa shape index (κ1) is 40.6. The predicted octanol–water partition coefficient (Wildman–Crippen LogP) is 2.91. The number of rotatable bonds is 18. The molecule has 4 aromatic carbocycles. The fourth-order valence-corrected chi connectivity index (χ4v) is 6.70. The molecule has 0 aliphatic carbocycles. The number of anilines is 1. The maximum Gasteiger partial charge on any atom is 0.233 e. The second kappa shape index (κ2) is 18.6. The average Bonchev–Trinajstić information content (AvgIpc) is 3.17. The number of amides is 2. The summed E-state index contributed by atoms with van der Waals surface area (Å²) in [7, 11) is 1.72. The summed E-state index contributed by atoms with van der Waals surface area (Å²) in [6, 6.07) is 25.9.